The Labute approximate surface area is 106 Å². The fourth-order valence-corrected chi connectivity index (χ4v) is 2.16. The molecule has 17 heavy (non-hydrogen) atoms. The van der Waals surface area contributed by atoms with Crippen molar-refractivity contribution in [3.63, 3.8) is 0 Å². The maximum absolute atomic E-state index is 5.16. The Morgan fingerprint density at radius 2 is 2.24 bits per heavy atom. The molecule has 1 heterocycles. The van der Waals surface area contributed by atoms with Gasteiger partial charge in [-0.05, 0) is 50.9 Å². The first-order valence-corrected chi connectivity index (χ1v) is 6.96. The molecule has 1 aliphatic rings. The highest BCUT2D eigenvalue weighted by Crippen LogP contribution is 2.11. The number of rotatable bonds is 9. The largest absolute Gasteiger partial charge is 0.380 e. The van der Waals surface area contributed by atoms with Crippen LogP contribution < -0.4 is 5.32 Å². The summed E-state index contributed by atoms with van der Waals surface area (Å²) < 4.78 is 5.16. The molecule has 0 saturated carbocycles. The second-order valence-corrected chi connectivity index (χ2v) is 4.80. The minimum atomic E-state index is 0.814. The van der Waals surface area contributed by atoms with E-state index in [-0.39, 0.29) is 0 Å². The molecule has 100 valence electrons. The lowest BCUT2D eigenvalue weighted by molar-refractivity contribution is 0.211. The van der Waals surface area contributed by atoms with Gasteiger partial charge in [-0.2, -0.15) is 0 Å². The summed E-state index contributed by atoms with van der Waals surface area (Å²) in [6.45, 7) is 8.92. The van der Waals surface area contributed by atoms with Crippen molar-refractivity contribution >= 4 is 0 Å². The number of hydrogen-bond donors (Lipinski definition) is 1. The first-order chi connectivity index (χ1) is 8.36. The van der Waals surface area contributed by atoms with E-state index in [1.165, 1.54) is 50.9 Å². The fourth-order valence-electron chi connectivity index (χ4n) is 2.16. The topological polar surface area (TPSA) is 24.5 Å². The molecule has 0 atom stereocenters. The molecule has 0 aliphatic carbocycles. The maximum Gasteiger partial charge on any atom is 0.0673 e. The minimum Gasteiger partial charge on any atom is -0.380 e. The number of hydrogen-bond acceptors (Lipinski definition) is 3. The Morgan fingerprint density at radius 3 is 2.88 bits per heavy atom. The summed E-state index contributed by atoms with van der Waals surface area (Å²) in [5, 5.41) is 3.45. The summed E-state index contributed by atoms with van der Waals surface area (Å²) in [7, 11) is 1.77. The number of unbranched alkanes of at least 4 members (excludes halogenated alkanes) is 1. The van der Waals surface area contributed by atoms with Gasteiger partial charge in [0, 0.05) is 20.2 Å². The molecular weight excluding hydrogens is 212 g/mol. The third-order valence-corrected chi connectivity index (χ3v) is 3.22. The normalized spacial score (nSPS) is 17.2. The van der Waals surface area contributed by atoms with Crippen molar-refractivity contribution in [2.45, 2.75) is 32.6 Å². The van der Waals surface area contributed by atoms with Crippen molar-refractivity contribution in [2.24, 2.45) is 0 Å². The molecule has 1 rings (SSSR count). The lowest BCUT2D eigenvalue weighted by atomic mass is 10.1. The summed E-state index contributed by atoms with van der Waals surface area (Å²) >= 11 is 0. The quantitative estimate of drug-likeness (QED) is 0.493. The highest BCUT2D eigenvalue weighted by molar-refractivity contribution is 5.07. The Kier molecular flexibility index (Phi) is 8.32. The molecule has 0 aromatic rings. The van der Waals surface area contributed by atoms with Crippen LogP contribution in [-0.2, 0) is 4.74 Å². The maximum atomic E-state index is 5.16. The molecule has 0 aromatic heterocycles. The third-order valence-electron chi connectivity index (χ3n) is 3.22. The molecule has 0 bridgehead atoms. The van der Waals surface area contributed by atoms with Gasteiger partial charge in [0.2, 0.25) is 0 Å². The first kappa shape index (κ1) is 14.7. The van der Waals surface area contributed by atoms with Crippen molar-refractivity contribution in [3.05, 3.63) is 11.6 Å². The van der Waals surface area contributed by atoms with Crippen LogP contribution >= 0.6 is 0 Å². The first-order valence-electron chi connectivity index (χ1n) is 6.96. The van der Waals surface area contributed by atoms with E-state index in [0.717, 1.165) is 19.7 Å². The molecule has 0 spiro atoms. The summed E-state index contributed by atoms with van der Waals surface area (Å²) in [4.78, 5) is 2.54. The van der Waals surface area contributed by atoms with Gasteiger partial charge in [-0.3, -0.25) is 4.90 Å². The van der Waals surface area contributed by atoms with E-state index < -0.39 is 0 Å². The Morgan fingerprint density at radius 1 is 1.35 bits per heavy atom. The molecule has 1 N–H and O–H groups in total. The van der Waals surface area contributed by atoms with Gasteiger partial charge in [-0.1, -0.05) is 13.0 Å². The summed E-state index contributed by atoms with van der Waals surface area (Å²) in [6, 6.07) is 0. The van der Waals surface area contributed by atoms with Gasteiger partial charge in [-0.15, -0.1) is 0 Å². The van der Waals surface area contributed by atoms with Crippen LogP contribution in [0.2, 0.25) is 0 Å². The molecule has 0 aromatic carbocycles. The Balaban J connectivity index is 1.98. The average molecular weight is 240 g/mol. The molecule has 0 fully saturated rings. The number of ether oxygens (including phenoxy) is 1. The van der Waals surface area contributed by atoms with Gasteiger partial charge < -0.3 is 10.1 Å². The van der Waals surface area contributed by atoms with Gasteiger partial charge in [-0.25, -0.2) is 0 Å². The van der Waals surface area contributed by atoms with Crippen molar-refractivity contribution in [3.8, 4) is 0 Å². The van der Waals surface area contributed by atoms with Crippen molar-refractivity contribution in [1.82, 2.24) is 10.2 Å². The third kappa shape index (κ3) is 6.81. The van der Waals surface area contributed by atoms with E-state index in [1.807, 2.05) is 0 Å². The SMILES string of the molecule is CCCNCCCCN1CC=C(COC)CC1. The highest BCUT2D eigenvalue weighted by Gasteiger charge is 2.10. The molecule has 3 heteroatoms. The van der Waals surface area contributed by atoms with Crippen LogP contribution in [-0.4, -0.2) is 51.3 Å². The van der Waals surface area contributed by atoms with Crippen LogP contribution in [0.5, 0.6) is 0 Å². The fraction of sp³-hybridized carbons (Fsp3) is 0.857. The van der Waals surface area contributed by atoms with Crippen LogP contribution in [0.4, 0.5) is 0 Å². The van der Waals surface area contributed by atoms with E-state index in [0.29, 0.717) is 0 Å². The zero-order valence-electron chi connectivity index (χ0n) is 11.5. The molecule has 3 nitrogen and oxygen atoms in total. The van der Waals surface area contributed by atoms with Gasteiger partial charge >= 0.3 is 0 Å². The number of nitrogens with zero attached hydrogens (tertiary/aromatic N) is 1. The smallest absolute Gasteiger partial charge is 0.0673 e. The highest BCUT2D eigenvalue weighted by atomic mass is 16.5. The van der Waals surface area contributed by atoms with Crippen molar-refractivity contribution < 1.29 is 4.74 Å². The molecule has 0 unspecified atom stereocenters. The van der Waals surface area contributed by atoms with Crippen molar-refractivity contribution in [1.29, 1.82) is 0 Å². The Hall–Kier alpha value is -0.380. The molecule has 0 saturated heterocycles. The minimum absolute atomic E-state index is 0.814. The monoisotopic (exact) mass is 240 g/mol. The van der Waals surface area contributed by atoms with Crippen LogP contribution in [0.25, 0.3) is 0 Å². The summed E-state index contributed by atoms with van der Waals surface area (Å²) in [5.41, 5.74) is 1.47. The second-order valence-electron chi connectivity index (χ2n) is 4.80. The summed E-state index contributed by atoms with van der Waals surface area (Å²) in [6.07, 6.45) is 7.36. The van der Waals surface area contributed by atoms with Gasteiger partial charge in [0.1, 0.15) is 0 Å². The Bertz CT molecular complexity index is 216. The molecule has 0 amide bonds. The average Bonchev–Trinajstić information content (AvgIpc) is 2.36. The van der Waals surface area contributed by atoms with Crippen LogP contribution in [0, 0.1) is 0 Å². The molecule has 0 radical (unpaired) electrons. The number of nitrogens with one attached hydrogen (secondary N) is 1. The molecule has 1 aliphatic heterocycles. The summed E-state index contributed by atoms with van der Waals surface area (Å²) in [5.74, 6) is 0. The van der Waals surface area contributed by atoms with E-state index in [1.54, 1.807) is 7.11 Å². The van der Waals surface area contributed by atoms with Crippen LogP contribution in [0.1, 0.15) is 32.6 Å². The van der Waals surface area contributed by atoms with E-state index in [2.05, 4.69) is 23.2 Å². The van der Waals surface area contributed by atoms with Crippen LogP contribution in [0.3, 0.4) is 0 Å². The van der Waals surface area contributed by atoms with E-state index >= 15 is 0 Å². The van der Waals surface area contributed by atoms with Gasteiger partial charge in [0.05, 0.1) is 6.61 Å². The standard InChI is InChI=1S/C14H28N2O/c1-3-8-15-9-4-5-10-16-11-6-14(7-12-16)13-17-2/h6,15H,3-5,7-13H2,1-2H3. The zero-order chi connectivity index (χ0) is 12.3. The predicted octanol–water partition coefficient (Wildman–Crippen LogP) is 2.04. The predicted molar refractivity (Wildman–Crippen MR) is 73.4 cm³/mol. The second kappa shape index (κ2) is 9.63. The molecular formula is C14H28N2O. The lowest BCUT2D eigenvalue weighted by Crippen LogP contribution is -2.30. The zero-order valence-corrected chi connectivity index (χ0v) is 11.5. The van der Waals surface area contributed by atoms with E-state index in [9.17, 15) is 0 Å². The van der Waals surface area contributed by atoms with Crippen LogP contribution in [0.15, 0.2) is 11.6 Å². The number of methoxy groups -OCH3 is 1. The van der Waals surface area contributed by atoms with Crippen molar-refractivity contribution in [2.75, 3.05) is 46.4 Å². The van der Waals surface area contributed by atoms with Gasteiger partial charge in [0.25, 0.3) is 0 Å². The van der Waals surface area contributed by atoms with E-state index in [4.69, 9.17) is 4.74 Å². The lowest BCUT2D eigenvalue weighted by Gasteiger charge is -2.26. The van der Waals surface area contributed by atoms with Gasteiger partial charge in [0.15, 0.2) is 0 Å².